The molecule has 0 saturated heterocycles. The van der Waals surface area contributed by atoms with Crippen molar-refractivity contribution in [2.24, 2.45) is 5.73 Å². The van der Waals surface area contributed by atoms with Crippen LogP contribution in [0.3, 0.4) is 0 Å². The Morgan fingerprint density at radius 1 is 1.90 bits per heavy atom. The molecular weight excluding hydrogens is 259 g/mol. The second-order valence-corrected chi connectivity index (χ2v) is 5.25. The fraction of sp³-hybridized carbons (Fsp3) is 0.500. The van der Waals surface area contributed by atoms with Crippen LogP contribution in [-0.2, 0) is 6.42 Å². The lowest BCUT2D eigenvalue weighted by atomic mass is 10.3. The zero-order valence-corrected chi connectivity index (χ0v) is 8.65. The van der Waals surface area contributed by atoms with Gasteiger partial charge in [-0.25, -0.2) is 4.98 Å². The van der Waals surface area contributed by atoms with Gasteiger partial charge in [-0.15, -0.1) is 11.3 Å². The molecule has 1 heterocycles. The molecule has 1 aromatic heterocycles. The molecule has 0 radical (unpaired) electrons. The Labute approximate surface area is 78.0 Å². The van der Waals surface area contributed by atoms with E-state index in [0.717, 1.165) is 11.4 Å². The average molecular weight is 268 g/mol. The molecule has 2 nitrogen and oxygen atoms in total. The number of rotatable bonds is 2. The molecule has 0 aliphatic carbocycles. The van der Waals surface area contributed by atoms with E-state index in [1.54, 1.807) is 11.3 Å². The van der Waals surface area contributed by atoms with Crippen LogP contribution in [0.5, 0.6) is 0 Å². The molecule has 1 rings (SSSR count). The van der Waals surface area contributed by atoms with Crippen LogP contribution in [0.25, 0.3) is 0 Å². The summed E-state index contributed by atoms with van der Waals surface area (Å²) in [6.45, 7) is 1.99. The molecule has 1 atom stereocenters. The van der Waals surface area contributed by atoms with E-state index in [0.29, 0.717) is 0 Å². The number of halogens is 1. The standard InChI is InChI=1S/C6H9IN2S/c1-4(8)2-6-9-3-5(7)10-6/h3-4H,2,8H2,1H3. The normalized spacial score (nSPS) is 13.5. The van der Waals surface area contributed by atoms with Gasteiger partial charge >= 0.3 is 0 Å². The van der Waals surface area contributed by atoms with Crippen molar-refractivity contribution >= 4 is 33.9 Å². The van der Waals surface area contributed by atoms with Crippen molar-refractivity contribution in [3.63, 3.8) is 0 Å². The quantitative estimate of drug-likeness (QED) is 0.828. The van der Waals surface area contributed by atoms with Gasteiger partial charge in [-0.05, 0) is 29.5 Å². The number of hydrogen-bond acceptors (Lipinski definition) is 3. The minimum atomic E-state index is 0.224. The third-order valence-corrected chi connectivity index (χ3v) is 2.77. The highest BCUT2D eigenvalue weighted by atomic mass is 127. The summed E-state index contributed by atoms with van der Waals surface area (Å²) in [6.07, 6.45) is 2.77. The van der Waals surface area contributed by atoms with E-state index < -0.39 is 0 Å². The molecule has 0 aromatic carbocycles. The third-order valence-electron chi connectivity index (χ3n) is 1.02. The van der Waals surface area contributed by atoms with E-state index in [1.807, 2.05) is 13.1 Å². The Hall–Kier alpha value is 0.320. The molecule has 56 valence electrons. The predicted molar refractivity (Wildman–Crippen MR) is 52.2 cm³/mol. The van der Waals surface area contributed by atoms with Gasteiger partial charge in [0, 0.05) is 12.5 Å². The Kier molecular flexibility index (Phi) is 3.06. The summed E-state index contributed by atoms with van der Waals surface area (Å²) in [6, 6.07) is 0.224. The third kappa shape index (κ3) is 2.51. The number of aromatic nitrogens is 1. The molecule has 0 aliphatic rings. The van der Waals surface area contributed by atoms with E-state index >= 15 is 0 Å². The molecule has 1 unspecified atom stereocenters. The van der Waals surface area contributed by atoms with Crippen LogP contribution in [-0.4, -0.2) is 11.0 Å². The summed E-state index contributed by atoms with van der Waals surface area (Å²) in [4.78, 5) is 4.19. The molecule has 0 bridgehead atoms. The maximum Gasteiger partial charge on any atom is 0.0951 e. The Balaban J connectivity index is 2.58. The molecule has 10 heavy (non-hydrogen) atoms. The molecule has 0 fully saturated rings. The summed E-state index contributed by atoms with van der Waals surface area (Å²) in [5.74, 6) is 0. The minimum absolute atomic E-state index is 0.224. The fourth-order valence-electron chi connectivity index (χ4n) is 0.658. The minimum Gasteiger partial charge on any atom is -0.328 e. The van der Waals surface area contributed by atoms with Gasteiger partial charge in [-0.1, -0.05) is 0 Å². The van der Waals surface area contributed by atoms with Gasteiger partial charge < -0.3 is 5.73 Å². The van der Waals surface area contributed by atoms with Crippen LogP contribution in [0.1, 0.15) is 11.9 Å². The SMILES string of the molecule is CC(N)Cc1ncc(I)s1. The van der Waals surface area contributed by atoms with E-state index in [1.165, 1.54) is 2.88 Å². The van der Waals surface area contributed by atoms with Crippen molar-refractivity contribution in [1.82, 2.24) is 4.98 Å². The molecule has 1 aromatic rings. The molecule has 0 saturated carbocycles. The van der Waals surface area contributed by atoms with Crippen LogP contribution >= 0.6 is 33.9 Å². The summed E-state index contributed by atoms with van der Waals surface area (Å²) >= 11 is 3.97. The first-order valence-corrected chi connectivity index (χ1v) is 4.94. The van der Waals surface area contributed by atoms with E-state index in [-0.39, 0.29) is 6.04 Å². The first-order valence-electron chi connectivity index (χ1n) is 3.04. The van der Waals surface area contributed by atoms with Crippen LogP contribution in [0.2, 0.25) is 0 Å². The van der Waals surface area contributed by atoms with E-state index in [9.17, 15) is 0 Å². The Morgan fingerprint density at radius 3 is 3.00 bits per heavy atom. The largest absolute Gasteiger partial charge is 0.328 e. The molecule has 0 spiro atoms. The van der Waals surface area contributed by atoms with Crippen molar-refractivity contribution < 1.29 is 0 Å². The number of hydrogen-bond donors (Lipinski definition) is 1. The van der Waals surface area contributed by atoms with Gasteiger partial charge in [0.05, 0.1) is 14.1 Å². The van der Waals surface area contributed by atoms with Gasteiger partial charge in [-0.2, -0.15) is 0 Å². The highest BCUT2D eigenvalue weighted by Crippen LogP contribution is 2.15. The van der Waals surface area contributed by atoms with E-state index in [4.69, 9.17) is 5.73 Å². The maximum absolute atomic E-state index is 5.60. The van der Waals surface area contributed by atoms with Gasteiger partial charge in [0.15, 0.2) is 0 Å². The van der Waals surface area contributed by atoms with Gasteiger partial charge in [0.1, 0.15) is 0 Å². The second kappa shape index (κ2) is 3.64. The first kappa shape index (κ1) is 8.42. The Bertz CT molecular complexity index is 209. The molecular formula is C6H9IN2S. The number of nitrogens with two attached hydrogens (primary N) is 1. The van der Waals surface area contributed by atoms with Crippen LogP contribution in [0.15, 0.2) is 6.20 Å². The van der Waals surface area contributed by atoms with Crippen molar-refractivity contribution in [2.75, 3.05) is 0 Å². The highest BCUT2D eigenvalue weighted by molar-refractivity contribution is 14.1. The van der Waals surface area contributed by atoms with Crippen LogP contribution in [0, 0.1) is 2.88 Å². The lowest BCUT2D eigenvalue weighted by molar-refractivity contribution is 0.734. The van der Waals surface area contributed by atoms with Gasteiger partial charge in [0.2, 0.25) is 0 Å². The molecule has 0 aliphatic heterocycles. The highest BCUT2D eigenvalue weighted by Gasteiger charge is 2.01. The number of thiazole rings is 1. The van der Waals surface area contributed by atoms with Gasteiger partial charge in [-0.3, -0.25) is 0 Å². The zero-order chi connectivity index (χ0) is 7.56. The monoisotopic (exact) mass is 268 g/mol. The lowest BCUT2D eigenvalue weighted by Crippen LogP contribution is -2.17. The zero-order valence-electron chi connectivity index (χ0n) is 5.67. The van der Waals surface area contributed by atoms with E-state index in [2.05, 4.69) is 27.6 Å². The van der Waals surface area contributed by atoms with Crippen molar-refractivity contribution in [1.29, 1.82) is 0 Å². The smallest absolute Gasteiger partial charge is 0.0951 e. The summed E-state index contributed by atoms with van der Waals surface area (Å²) in [5, 5.41) is 1.14. The topological polar surface area (TPSA) is 38.9 Å². The fourth-order valence-corrected chi connectivity index (χ4v) is 2.34. The van der Waals surface area contributed by atoms with Crippen LogP contribution in [0.4, 0.5) is 0 Å². The van der Waals surface area contributed by atoms with Crippen molar-refractivity contribution in [2.45, 2.75) is 19.4 Å². The molecule has 0 amide bonds. The predicted octanol–water partition coefficient (Wildman–Crippen LogP) is 1.64. The molecule has 4 heteroatoms. The average Bonchev–Trinajstić information content (AvgIpc) is 2.13. The van der Waals surface area contributed by atoms with Crippen molar-refractivity contribution in [3.8, 4) is 0 Å². The summed E-state index contributed by atoms with van der Waals surface area (Å²) < 4.78 is 1.23. The first-order chi connectivity index (χ1) is 4.68. The Morgan fingerprint density at radius 2 is 2.60 bits per heavy atom. The number of nitrogens with zero attached hydrogens (tertiary/aromatic N) is 1. The maximum atomic E-state index is 5.60. The summed E-state index contributed by atoms with van der Waals surface area (Å²) in [7, 11) is 0. The van der Waals surface area contributed by atoms with Crippen molar-refractivity contribution in [3.05, 3.63) is 14.1 Å². The van der Waals surface area contributed by atoms with Crippen LogP contribution < -0.4 is 5.73 Å². The molecule has 2 N–H and O–H groups in total. The van der Waals surface area contributed by atoms with Gasteiger partial charge in [0.25, 0.3) is 0 Å². The summed E-state index contributed by atoms with van der Waals surface area (Å²) in [5.41, 5.74) is 5.60. The lowest BCUT2D eigenvalue weighted by Gasteiger charge is -1.98. The second-order valence-electron chi connectivity index (χ2n) is 2.24.